The quantitative estimate of drug-likeness (QED) is 0.444. The van der Waals surface area contributed by atoms with E-state index in [1.807, 2.05) is 24.3 Å². The summed E-state index contributed by atoms with van der Waals surface area (Å²) in [4.78, 5) is 4.74. The molecule has 0 atom stereocenters. The summed E-state index contributed by atoms with van der Waals surface area (Å²) in [5.41, 5.74) is 5.63. The Morgan fingerprint density at radius 2 is 1.80 bits per heavy atom. The number of nitrogens with one attached hydrogen (secondary N) is 1. The second-order valence-corrected chi connectivity index (χ2v) is 7.45. The zero-order valence-electron chi connectivity index (χ0n) is 13.8. The zero-order chi connectivity index (χ0) is 17.2. The number of nitrogens with zero attached hydrogens (tertiary/aromatic N) is 1. The fourth-order valence-corrected chi connectivity index (χ4v) is 4.00. The Balaban J connectivity index is 1.52. The van der Waals surface area contributed by atoms with E-state index < -0.39 is 0 Å². The number of fused-ring (bicyclic) bond motifs is 1. The topological polar surface area (TPSA) is 24.9 Å². The predicted octanol–water partition coefficient (Wildman–Crippen LogP) is 6.54. The van der Waals surface area contributed by atoms with E-state index in [-0.39, 0.29) is 0 Å². The SMILES string of the molecule is Cc1ccc2nc(-c3ccc(NCc4ccccc4Cl)cc3)sc2c1. The molecule has 0 saturated heterocycles. The van der Waals surface area contributed by atoms with Crippen LogP contribution >= 0.6 is 22.9 Å². The van der Waals surface area contributed by atoms with Crippen LogP contribution in [-0.4, -0.2) is 4.98 Å². The van der Waals surface area contributed by atoms with Crippen LogP contribution in [0.4, 0.5) is 5.69 Å². The number of hydrogen-bond acceptors (Lipinski definition) is 3. The van der Waals surface area contributed by atoms with E-state index in [2.05, 4.69) is 54.7 Å². The molecule has 25 heavy (non-hydrogen) atoms. The van der Waals surface area contributed by atoms with E-state index in [4.69, 9.17) is 16.6 Å². The van der Waals surface area contributed by atoms with Crippen LogP contribution in [0.1, 0.15) is 11.1 Å². The molecule has 124 valence electrons. The van der Waals surface area contributed by atoms with E-state index in [1.54, 1.807) is 11.3 Å². The number of rotatable bonds is 4. The lowest BCUT2D eigenvalue weighted by Gasteiger charge is -2.08. The van der Waals surface area contributed by atoms with Gasteiger partial charge in [-0.2, -0.15) is 0 Å². The van der Waals surface area contributed by atoms with Crippen molar-refractivity contribution >= 4 is 38.8 Å². The second-order valence-electron chi connectivity index (χ2n) is 6.01. The Morgan fingerprint density at radius 1 is 1.00 bits per heavy atom. The minimum absolute atomic E-state index is 0.708. The van der Waals surface area contributed by atoms with Gasteiger partial charge in [-0.1, -0.05) is 35.9 Å². The molecular formula is C21H17ClN2S. The van der Waals surface area contributed by atoms with Crippen LogP contribution in [0, 0.1) is 6.92 Å². The summed E-state index contributed by atoms with van der Waals surface area (Å²) in [7, 11) is 0. The summed E-state index contributed by atoms with van der Waals surface area (Å²) in [6.07, 6.45) is 0. The fourth-order valence-electron chi connectivity index (χ4n) is 2.73. The molecule has 0 bridgehead atoms. The first kappa shape index (κ1) is 16.1. The summed E-state index contributed by atoms with van der Waals surface area (Å²) < 4.78 is 1.23. The molecule has 0 spiro atoms. The zero-order valence-corrected chi connectivity index (χ0v) is 15.4. The van der Waals surface area contributed by atoms with Crippen LogP contribution < -0.4 is 5.32 Å². The van der Waals surface area contributed by atoms with Gasteiger partial charge in [0.25, 0.3) is 0 Å². The highest BCUT2D eigenvalue weighted by Gasteiger charge is 2.06. The highest BCUT2D eigenvalue weighted by atomic mass is 35.5. The Labute approximate surface area is 156 Å². The van der Waals surface area contributed by atoms with Crippen LogP contribution in [0.5, 0.6) is 0 Å². The van der Waals surface area contributed by atoms with Gasteiger partial charge in [-0.3, -0.25) is 0 Å². The molecule has 3 aromatic carbocycles. The molecule has 1 heterocycles. The standard InChI is InChI=1S/C21H17ClN2S/c1-14-6-11-19-20(12-14)25-21(24-19)15-7-9-17(10-8-15)23-13-16-4-2-3-5-18(16)22/h2-12,23H,13H2,1H3. The van der Waals surface area contributed by atoms with E-state index in [1.165, 1.54) is 10.3 Å². The lowest BCUT2D eigenvalue weighted by Crippen LogP contribution is -1.99. The molecule has 0 saturated carbocycles. The van der Waals surface area contributed by atoms with Gasteiger partial charge in [-0.15, -0.1) is 11.3 Å². The van der Waals surface area contributed by atoms with Gasteiger partial charge in [0.1, 0.15) is 5.01 Å². The Morgan fingerprint density at radius 3 is 2.60 bits per heavy atom. The van der Waals surface area contributed by atoms with Gasteiger partial charge < -0.3 is 5.32 Å². The van der Waals surface area contributed by atoms with Gasteiger partial charge >= 0.3 is 0 Å². The van der Waals surface area contributed by atoms with Crippen molar-refractivity contribution < 1.29 is 0 Å². The molecule has 0 unspecified atom stereocenters. The Kier molecular flexibility index (Phi) is 4.43. The molecule has 0 aliphatic rings. The number of hydrogen-bond donors (Lipinski definition) is 1. The second kappa shape index (κ2) is 6.87. The minimum atomic E-state index is 0.708. The lowest BCUT2D eigenvalue weighted by atomic mass is 10.2. The molecule has 0 fully saturated rings. The van der Waals surface area contributed by atoms with Crippen molar-refractivity contribution in [3.8, 4) is 10.6 Å². The molecule has 0 radical (unpaired) electrons. The summed E-state index contributed by atoms with van der Waals surface area (Å²) in [6, 6.07) is 22.7. The van der Waals surface area contributed by atoms with Gasteiger partial charge in [0.05, 0.1) is 10.2 Å². The van der Waals surface area contributed by atoms with E-state index in [0.717, 1.165) is 32.4 Å². The van der Waals surface area contributed by atoms with Crippen LogP contribution in [0.25, 0.3) is 20.8 Å². The molecule has 1 N–H and O–H groups in total. The molecule has 0 aliphatic carbocycles. The number of aromatic nitrogens is 1. The van der Waals surface area contributed by atoms with Crippen molar-refractivity contribution in [1.82, 2.24) is 4.98 Å². The molecule has 2 nitrogen and oxygen atoms in total. The monoisotopic (exact) mass is 364 g/mol. The molecule has 4 heteroatoms. The van der Waals surface area contributed by atoms with Crippen molar-refractivity contribution in [3.63, 3.8) is 0 Å². The van der Waals surface area contributed by atoms with Gasteiger partial charge in [-0.25, -0.2) is 4.98 Å². The third-order valence-electron chi connectivity index (χ3n) is 4.12. The maximum Gasteiger partial charge on any atom is 0.124 e. The van der Waals surface area contributed by atoms with Gasteiger partial charge in [-0.05, 0) is 60.5 Å². The van der Waals surface area contributed by atoms with Crippen LogP contribution in [0.15, 0.2) is 66.7 Å². The smallest absolute Gasteiger partial charge is 0.124 e. The Hall–Kier alpha value is -2.36. The van der Waals surface area contributed by atoms with Crippen LogP contribution in [0.2, 0.25) is 5.02 Å². The molecule has 4 aromatic rings. The summed E-state index contributed by atoms with van der Waals surface area (Å²) in [5.74, 6) is 0. The maximum atomic E-state index is 6.20. The third-order valence-corrected chi connectivity index (χ3v) is 5.55. The highest BCUT2D eigenvalue weighted by Crippen LogP contribution is 2.31. The van der Waals surface area contributed by atoms with Gasteiger partial charge in [0.2, 0.25) is 0 Å². The molecule has 0 aliphatic heterocycles. The molecule has 4 rings (SSSR count). The number of thiazole rings is 1. The van der Waals surface area contributed by atoms with Crippen molar-refractivity contribution in [2.75, 3.05) is 5.32 Å². The summed E-state index contributed by atoms with van der Waals surface area (Å²) >= 11 is 7.93. The van der Waals surface area contributed by atoms with E-state index in [0.29, 0.717) is 6.54 Å². The largest absolute Gasteiger partial charge is 0.381 e. The molecular weight excluding hydrogens is 348 g/mol. The van der Waals surface area contributed by atoms with Crippen molar-refractivity contribution in [3.05, 3.63) is 82.9 Å². The van der Waals surface area contributed by atoms with Gasteiger partial charge in [0, 0.05) is 22.8 Å². The fraction of sp³-hybridized carbons (Fsp3) is 0.0952. The summed E-state index contributed by atoms with van der Waals surface area (Å²) in [5, 5.41) is 5.26. The predicted molar refractivity (Wildman–Crippen MR) is 109 cm³/mol. The van der Waals surface area contributed by atoms with Gasteiger partial charge in [0.15, 0.2) is 0 Å². The molecule has 1 aromatic heterocycles. The lowest BCUT2D eigenvalue weighted by molar-refractivity contribution is 1.15. The average Bonchev–Trinajstić information content (AvgIpc) is 3.04. The number of benzene rings is 3. The van der Waals surface area contributed by atoms with Crippen LogP contribution in [-0.2, 0) is 6.54 Å². The number of aryl methyl sites for hydroxylation is 1. The first-order valence-corrected chi connectivity index (χ1v) is 9.33. The van der Waals surface area contributed by atoms with E-state index in [9.17, 15) is 0 Å². The highest BCUT2D eigenvalue weighted by molar-refractivity contribution is 7.21. The van der Waals surface area contributed by atoms with Crippen molar-refractivity contribution in [2.45, 2.75) is 13.5 Å². The molecule has 0 amide bonds. The normalized spacial score (nSPS) is 11.0. The van der Waals surface area contributed by atoms with Crippen molar-refractivity contribution in [1.29, 1.82) is 0 Å². The third kappa shape index (κ3) is 3.53. The van der Waals surface area contributed by atoms with Crippen molar-refractivity contribution in [2.24, 2.45) is 0 Å². The first-order valence-electron chi connectivity index (χ1n) is 8.14. The van der Waals surface area contributed by atoms with E-state index >= 15 is 0 Å². The average molecular weight is 365 g/mol. The summed E-state index contributed by atoms with van der Waals surface area (Å²) in [6.45, 7) is 2.82. The number of halogens is 1. The minimum Gasteiger partial charge on any atom is -0.381 e. The number of anilines is 1. The first-order chi connectivity index (χ1) is 12.2. The van der Waals surface area contributed by atoms with Crippen LogP contribution in [0.3, 0.4) is 0 Å². The maximum absolute atomic E-state index is 6.20. The Bertz CT molecular complexity index is 1020.